The molecule has 24 heavy (non-hydrogen) atoms. The first-order chi connectivity index (χ1) is 11.4. The SMILES string of the molecule is CC1(C)O[C@@H]2[C@@H](CO)C[C@@](C#N)(c3ccc4c(N)ncnn34)[C@@H]2O1. The van der Waals surface area contributed by atoms with E-state index in [1.54, 1.807) is 10.6 Å². The van der Waals surface area contributed by atoms with Crippen molar-refractivity contribution in [3.63, 3.8) is 0 Å². The van der Waals surface area contributed by atoms with Crippen LogP contribution in [0.15, 0.2) is 18.5 Å². The number of nitrogens with zero attached hydrogens (tertiary/aromatic N) is 4. The van der Waals surface area contributed by atoms with Gasteiger partial charge in [-0.1, -0.05) is 0 Å². The van der Waals surface area contributed by atoms with Gasteiger partial charge in [0.15, 0.2) is 11.6 Å². The first-order valence-corrected chi connectivity index (χ1v) is 7.88. The zero-order chi connectivity index (χ0) is 17.1. The van der Waals surface area contributed by atoms with Crippen molar-refractivity contribution in [3.8, 4) is 6.07 Å². The molecule has 3 heterocycles. The van der Waals surface area contributed by atoms with Crippen LogP contribution >= 0.6 is 0 Å². The van der Waals surface area contributed by atoms with Crippen LogP contribution in [0.4, 0.5) is 5.82 Å². The first kappa shape index (κ1) is 15.3. The van der Waals surface area contributed by atoms with Crippen molar-refractivity contribution in [2.45, 2.75) is 43.7 Å². The van der Waals surface area contributed by atoms with Gasteiger partial charge in [0.1, 0.15) is 23.4 Å². The summed E-state index contributed by atoms with van der Waals surface area (Å²) < 4.78 is 13.7. The van der Waals surface area contributed by atoms with Crippen molar-refractivity contribution in [2.75, 3.05) is 12.3 Å². The van der Waals surface area contributed by atoms with Gasteiger partial charge in [0.05, 0.1) is 17.9 Å². The Morgan fingerprint density at radius 1 is 1.46 bits per heavy atom. The van der Waals surface area contributed by atoms with Gasteiger partial charge in [-0.2, -0.15) is 10.4 Å². The molecule has 2 aromatic rings. The molecule has 0 radical (unpaired) electrons. The maximum absolute atomic E-state index is 10.1. The van der Waals surface area contributed by atoms with Crippen LogP contribution in [0.2, 0.25) is 0 Å². The Bertz CT molecular complexity index is 842. The normalized spacial score (nSPS) is 34.3. The van der Waals surface area contributed by atoms with Crippen LogP contribution in [-0.4, -0.2) is 44.3 Å². The summed E-state index contributed by atoms with van der Waals surface area (Å²) in [5.74, 6) is -0.630. The molecule has 2 aliphatic rings. The standard InChI is InChI=1S/C16H19N5O3/c1-15(2)23-12-9(6-22)5-16(7-17,13(12)24-15)11-4-3-10-14(18)19-8-20-21(10)11/h3-4,8-9,12-13,22H,5-6H2,1-2H3,(H2,18,19,20)/t9-,12-,13-,16-/m1/s1. The largest absolute Gasteiger partial charge is 0.396 e. The number of rotatable bonds is 2. The third kappa shape index (κ3) is 1.89. The van der Waals surface area contributed by atoms with Crippen LogP contribution < -0.4 is 5.73 Å². The van der Waals surface area contributed by atoms with Gasteiger partial charge in [-0.15, -0.1) is 0 Å². The Hall–Kier alpha value is -2.21. The zero-order valence-corrected chi connectivity index (χ0v) is 13.5. The number of hydrogen-bond donors (Lipinski definition) is 2. The number of anilines is 1. The summed E-state index contributed by atoms with van der Waals surface area (Å²) >= 11 is 0. The van der Waals surface area contributed by atoms with Crippen molar-refractivity contribution < 1.29 is 14.6 Å². The topological polar surface area (TPSA) is 119 Å². The van der Waals surface area contributed by atoms with E-state index in [4.69, 9.17) is 15.2 Å². The maximum atomic E-state index is 10.1. The minimum absolute atomic E-state index is 0.0650. The molecule has 0 bridgehead atoms. The van der Waals surface area contributed by atoms with E-state index in [9.17, 15) is 10.4 Å². The minimum atomic E-state index is -0.973. The van der Waals surface area contributed by atoms with Gasteiger partial charge >= 0.3 is 0 Å². The number of fused-ring (bicyclic) bond motifs is 2. The van der Waals surface area contributed by atoms with Crippen LogP contribution in [0.1, 0.15) is 26.0 Å². The molecule has 4 atom stereocenters. The highest BCUT2D eigenvalue weighted by Gasteiger charge is 2.63. The molecule has 1 aliphatic heterocycles. The van der Waals surface area contributed by atoms with Gasteiger partial charge < -0.3 is 20.3 Å². The van der Waals surface area contributed by atoms with E-state index in [1.165, 1.54) is 6.33 Å². The Labute approximate surface area is 138 Å². The molecule has 0 spiro atoms. The number of aliphatic hydroxyl groups excluding tert-OH is 1. The lowest BCUT2D eigenvalue weighted by Crippen LogP contribution is -2.39. The van der Waals surface area contributed by atoms with E-state index in [0.29, 0.717) is 23.4 Å². The Kier molecular flexibility index (Phi) is 3.12. The van der Waals surface area contributed by atoms with Gasteiger partial charge in [0.25, 0.3) is 0 Å². The third-order valence-electron chi connectivity index (χ3n) is 5.04. The number of hydrogen-bond acceptors (Lipinski definition) is 7. The Morgan fingerprint density at radius 3 is 2.96 bits per heavy atom. The average Bonchev–Trinajstić information content (AvgIpc) is 3.18. The molecule has 126 valence electrons. The second-order valence-electron chi connectivity index (χ2n) is 6.91. The summed E-state index contributed by atoms with van der Waals surface area (Å²) in [7, 11) is 0. The minimum Gasteiger partial charge on any atom is -0.396 e. The fraction of sp³-hybridized carbons (Fsp3) is 0.562. The van der Waals surface area contributed by atoms with Gasteiger partial charge in [0, 0.05) is 12.5 Å². The average molecular weight is 329 g/mol. The molecule has 8 heteroatoms. The molecule has 4 rings (SSSR count). The van der Waals surface area contributed by atoms with E-state index in [2.05, 4.69) is 16.2 Å². The number of aromatic nitrogens is 3. The highest BCUT2D eigenvalue weighted by molar-refractivity contribution is 5.66. The summed E-state index contributed by atoms with van der Waals surface area (Å²) in [5.41, 5.74) is 6.26. The van der Waals surface area contributed by atoms with Crippen molar-refractivity contribution >= 4 is 11.3 Å². The molecule has 1 saturated carbocycles. The highest BCUT2D eigenvalue weighted by atomic mass is 16.8. The van der Waals surface area contributed by atoms with Crippen molar-refractivity contribution in [2.24, 2.45) is 5.92 Å². The zero-order valence-electron chi connectivity index (χ0n) is 13.5. The lowest BCUT2D eigenvalue weighted by Gasteiger charge is -2.28. The van der Waals surface area contributed by atoms with Crippen molar-refractivity contribution in [3.05, 3.63) is 24.2 Å². The lowest BCUT2D eigenvalue weighted by molar-refractivity contribution is -0.162. The molecule has 3 N–H and O–H groups in total. The molecular weight excluding hydrogens is 310 g/mol. The van der Waals surface area contributed by atoms with E-state index in [0.717, 1.165) is 0 Å². The smallest absolute Gasteiger partial charge is 0.163 e. The van der Waals surface area contributed by atoms with E-state index >= 15 is 0 Å². The number of nitrogens with two attached hydrogens (primary N) is 1. The molecule has 0 amide bonds. The monoisotopic (exact) mass is 329 g/mol. The number of nitriles is 1. The Morgan fingerprint density at radius 2 is 2.25 bits per heavy atom. The van der Waals surface area contributed by atoms with E-state index in [1.807, 2.05) is 19.9 Å². The van der Waals surface area contributed by atoms with Crippen LogP contribution in [0.3, 0.4) is 0 Å². The van der Waals surface area contributed by atoms with Crippen molar-refractivity contribution in [1.29, 1.82) is 5.26 Å². The van der Waals surface area contributed by atoms with Crippen LogP contribution in [-0.2, 0) is 14.9 Å². The summed E-state index contributed by atoms with van der Waals surface area (Å²) in [6.07, 6.45) is 0.975. The van der Waals surface area contributed by atoms with Crippen LogP contribution in [0, 0.1) is 17.2 Å². The molecule has 1 aliphatic carbocycles. The quantitative estimate of drug-likeness (QED) is 0.828. The molecule has 2 aromatic heterocycles. The summed E-state index contributed by atoms with van der Waals surface area (Å²) in [6.45, 7) is 3.57. The van der Waals surface area contributed by atoms with Crippen molar-refractivity contribution in [1.82, 2.24) is 14.6 Å². The lowest BCUT2D eigenvalue weighted by atomic mass is 9.81. The first-order valence-electron chi connectivity index (χ1n) is 7.88. The van der Waals surface area contributed by atoms with Gasteiger partial charge in [-0.3, -0.25) is 0 Å². The molecule has 0 unspecified atom stereocenters. The van der Waals surface area contributed by atoms with Crippen LogP contribution in [0.25, 0.3) is 5.52 Å². The summed E-state index contributed by atoms with van der Waals surface area (Å²) in [6, 6.07) is 6.05. The van der Waals surface area contributed by atoms with Gasteiger partial charge in [-0.05, 0) is 32.4 Å². The number of nitrogen functional groups attached to an aromatic ring is 1. The predicted molar refractivity (Wildman–Crippen MR) is 83.7 cm³/mol. The van der Waals surface area contributed by atoms with Gasteiger partial charge in [-0.25, -0.2) is 9.50 Å². The predicted octanol–water partition coefficient (Wildman–Crippen LogP) is 0.605. The van der Waals surface area contributed by atoms with Crippen LogP contribution in [0.5, 0.6) is 0 Å². The molecule has 8 nitrogen and oxygen atoms in total. The molecular formula is C16H19N5O3. The van der Waals surface area contributed by atoms with E-state index < -0.39 is 17.3 Å². The van der Waals surface area contributed by atoms with E-state index in [-0.39, 0.29) is 18.6 Å². The molecule has 0 aromatic carbocycles. The fourth-order valence-electron chi connectivity index (χ4n) is 4.04. The maximum Gasteiger partial charge on any atom is 0.163 e. The second-order valence-corrected chi connectivity index (χ2v) is 6.91. The number of ether oxygens (including phenoxy) is 2. The van der Waals surface area contributed by atoms with Gasteiger partial charge in [0.2, 0.25) is 0 Å². The summed E-state index contributed by atoms with van der Waals surface area (Å²) in [4.78, 5) is 3.98. The second kappa shape index (κ2) is 4.89. The summed E-state index contributed by atoms with van der Waals surface area (Å²) in [5, 5.41) is 24.1. The Balaban J connectivity index is 1.90. The molecule has 1 saturated heterocycles. The molecule has 2 fully saturated rings. The highest BCUT2D eigenvalue weighted by Crippen LogP contribution is 2.52. The number of aliphatic hydroxyl groups is 1. The third-order valence-corrected chi connectivity index (χ3v) is 5.04. The fourth-order valence-corrected chi connectivity index (χ4v) is 4.04.